The fourth-order valence-electron chi connectivity index (χ4n) is 7.65. The van der Waals surface area contributed by atoms with E-state index in [9.17, 15) is 45.4 Å². The Kier molecular flexibility index (Phi) is 15.7. The van der Waals surface area contributed by atoms with E-state index in [1.54, 1.807) is 0 Å². The molecule has 2 saturated heterocycles. The first kappa shape index (κ1) is 49.6. The van der Waals surface area contributed by atoms with Crippen LogP contribution in [0.25, 0.3) is 0 Å². The van der Waals surface area contributed by atoms with Gasteiger partial charge in [0, 0.05) is 0 Å². The van der Waals surface area contributed by atoms with E-state index in [0.717, 1.165) is 58.7 Å². The molecule has 2 aliphatic rings. The summed E-state index contributed by atoms with van der Waals surface area (Å²) in [5, 5.41) is 24.7. The fourth-order valence-corrected chi connectivity index (χ4v) is 10.6. The van der Waals surface area contributed by atoms with Crippen LogP contribution in [0.4, 0.5) is 20.2 Å². The molecule has 22 heteroatoms. The number of ether oxygens (including phenoxy) is 4. The maximum atomic E-state index is 14.4. The second-order valence-corrected chi connectivity index (χ2v) is 19.5. The van der Waals surface area contributed by atoms with Crippen molar-refractivity contribution < 1.29 is 74.0 Å². The number of likely N-dealkylation sites (tertiary alicyclic amines) is 2. The minimum absolute atomic E-state index is 0.0316. The van der Waals surface area contributed by atoms with E-state index in [-0.39, 0.29) is 44.2 Å². The predicted octanol–water partition coefficient (Wildman–Crippen LogP) is 3.80. The summed E-state index contributed by atoms with van der Waals surface area (Å²) in [6.45, 7) is 2.02. The number of hydrogen-bond acceptors (Lipinski definition) is 18. The molecule has 2 fully saturated rings. The number of sulfone groups is 2. The van der Waals surface area contributed by atoms with Crippen LogP contribution in [0.3, 0.4) is 0 Å². The van der Waals surface area contributed by atoms with Gasteiger partial charge in [0.1, 0.15) is 55.8 Å². The Bertz CT molecular complexity index is 2450. The van der Waals surface area contributed by atoms with E-state index in [4.69, 9.17) is 28.6 Å². The summed E-state index contributed by atoms with van der Waals surface area (Å²) in [5.41, 5.74) is -0.181. The number of rotatable bonds is 17. The molecule has 4 aromatic rings. The third-order valence-corrected chi connectivity index (χ3v) is 15.0. The molecule has 2 N–H and O–H groups in total. The molecule has 0 bridgehead atoms. The van der Waals surface area contributed by atoms with Crippen LogP contribution < -0.4 is 29.1 Å². The van der Waals surface area contributed by atoms with Crippen molar-refractivity contribution >= 4 is 43.0 Å². The van der Waals surface area contributed by atoms with Crippen LogP contribution in [0.1, 0.15) is 25.7 Å². The highest BCUT2D eigenvalue weighted by Crippen LogP contribution is 2.40. The van der Waals surface area contributed by atoms with Gasteiger partial charge in [-0.1, -0.05) is 0 Å². The van der Waals surface area contributed by atoms with Gasteiger partial charge in [0.2, 0.25) is 19.7 Å². The topological polar surface area (TPSA) is 211 Å². The average Bonchev–Trinajstić information content (AvgIpc) is 3.32. The zero-order valence-corrected chi connectivity index (χ0v) is 38.7. The van der Waals surface area contributed by atoms with Crippen molar-refractivity contribution in [3.8, 4) is 23.0 Å². The monoisotopic (exact) mass is 962 g/mol. The van der Waals surface area contributed by atoms with Gasteiger partial charge in [-0.05, 0) is 139 Å². The van der Waals surface area contributed by atoms with Gasteiger partial charge in [-0.3, -0.25) is 0 Å². The number of aliphatic hydroxyl groups is 2. The zero-order valence-electron chi connectivity index (χ0n) is 37.0. The first-order valence-corrected chi connectivity index (χ1v) is 23.6. The molecular formula is C44H52F2N4O14S2. The zero-order chi connectivity index (χ0) is 48.1. The van der Waals surface area contributed by atoms with Crippen LogP contribution in [-0.2, 0) is 38.9 Å². The van der Waals surface area contributed by atoms with Crippen molar-refractivity contribution in [2.24, 2.45) is 0 Å². The van der Waals surface area contributed by atoms with Crippen molar-refractivity contribution in [2.45, 2.75) is 69.6 Å². The number of piperidine rings is 2. The van der Waals surface area contributed by atoms with Gasteiger partial charge in [-0.2, -0.15) is 10.1 Å². The molecular weight excluding hydrogens is 911 g/mol. The van der Waals surface area contributed by atoms with Crippen LogP contribution in [0.2, 0.25) is 0 Å². The Morgan fingerprint density at radius 3 is 1.20 bits per heavy atom. The summed E-state index contributed by atoms with van der Waals surface area (Å²) in [5.74, 6) is -4.96. The lowest BCUT2D eigenvalue weighted by Crippen LogP contribution is -2.51. The molecule has 358 valence electrons. The van der Waals surface area contributed by atoms with E-state index in [0.29, 0.717) is 51.9 Å². The summed E-state index contributed by atoms with van der Waals surface area (Å²) >= 11 is 0. The fraction of sp³-hybridized carbons (Fsp3) is 0.409. The molecule has 4 aromatic carbocycles. The van der Waals surface area contributed by atoms with Crippen LogP contribution >= 0.6 is 0 Å². The third-order valence-electron chi connectivity index (χ3n) is 11.4. The van der Waals surface area contributed by atoms with Crippen molar-refractivity contribution in [1.29, 1.82) is 0 Å². The minimum Gasteiger partial charge on any atom is -0.495 e. The van der Waals surface area contributed by atoms with Gasteiger partial charge in [0.05, 0.1) is 50.3 Å². The molecule has 0 amide bonds. The summed E-state index contributed by atoms with van der Waals surface area (Å²) in [7, 11) is -0.199. The lowest BCUT2D eigenvalue weighted by molar-refractivity contribution is -0.176. The summed E-state index contributed by atoms with van der Waals surface area (Å²) in [6, 6.07) is 12.0. The summed E-state index contributed by atoms with van der Waals surface area (Å²) < 4.78 is 106. The SMILES string of the molecule is COc1ccc(S(=O)(=O)c2cc(F)ccc2OC)cc1N(OC(=O)C(O)C(O)C(=O)ON(c1cc(S(=O)(=O)c2cc(F)ccc2OC)ccc1OC)C1CCN(C)CC1)C1CCN(C)CC1. The van der Waals surface area contributed by atoms with Gasteiger partial charge in [-0.25, -0.2) is 35.2 Å². The number of anilines is 2. The number of hydrogen-bond donors (Lipinski definition) is 2. The van der Waals surface area contributed by atoms with E-state index < -0.39 is 77.3 Å². The number of benzene rings is 4. The second kappa shape index (κ2) is 20.8. The molecule has 2 atom stereocenters. The molecule has 2 heterocycles. The summed E-state index contributed by atoms with van der Waals surface area (Å²) in [4.78, 5) is 41.7. The standard InChI is InChI=1S/C44H52F2N4O14S2/c1-47-19-15-29(16-20-47)49(33-25-31(9-13-35(33)59-3)65(55,56)39-23-27(45)7-11-37(39)61-5)63-43(53)41(51)42(52)44(54)64-50(30-17-21-48(2)22-18-30)34-26-32(10-14-36(34)60-4)66(57,58)40-24-28(46)8-12-38(40)62-6/h7-14,23-26,29-30,41-42,51-52H,15-22H2,1-6H3. The van der Waals surface area contributed by atoms with Gasteiger partial charge >= 0.3 is 11.9 Å². The second-order valence-electron chi connectivity index (χ2n) is 15.7. The molecule has 0 aromatic heterocycles. The first-order chi connectivity index (χ1) is 31.3. The van der Waals surface area contributed by atoms with Gasteiger partial charge < -0.3 is 48.6 Å². The van der Waals surface area contributed by atoms with Crippen molar-refractivity contribution in [2.75, 3.05) is 78.8 Å². The van der Waals surface area contributed by atoms with Gasteiger partial charge in [0.15, 0.2) is 12.2 Å². The lowest BCUT2D eigenvalue weighted by Gasteiger charge is -2.38. The van der Waals surface area contributed by atoms with E-state index in [1.807, 2.05) is 23.9 Å². The highest BCUT2D eigenvalue weighted by Gasteiger charge is 2.40. The molecule has 0 spiro atoms. The van der Waals surface area contributed by atoms with Crippen LogP contribution in [-0.4, -0.2) is 142 Å². The van der Waals surface area contributed by atoms with Gasteiger partial charge in [0.25, 0.3) is 0 Å². The van der Waals surface area contributed by atoms with Crippen molar-refractivity contribution in [1.82, 2.24) is 9.80 Å². The van der Waals surface area contributed by atoms with Crippen molar-refractivity contribution in [3.05, 3.63) is 84.4 Å². The normalized spacial score (nSPS) is 16.5. The highest BCUT2D eigenvalue weighted by molar-refractivity contribution is 7.92. The number of aliphatic hydroxyl groups excluding tert-OH is 2. The highest BCUT2D eigenvalue weighted by atomic mass is 32.2. The minimum atomic E-state index is -4.49. The number of carbonyl (C=O) groups excluding carboxylic acids is 2. The molecule has 6 rings (SSSR count). The van der Waals surface area contributed by atoms with E-state index >= 15 is 0 Å². The lowest BCUT2D eigenvalue weighted by atomic mass is 10.0. The Morgan fingerprint density at radius 2 is 0.879 bits per heavy atom. The van der Waals surface area contributed by atoms with Gasteiger partial charge in [-0.15, -0.1) is 0 Å². The van der Waals surface area contributed by atoms with Crippen LogP contribution in [0.5, 0.6) is 23.0 Å². The number of nitrogens with zero attached hydrogens (tertiary/aromatic N) is 4. The molecule has 66 heavy (non-hydrogen) atoms. The molecule has 18 nitrogen and oxygen atoms in total. The maximum absolute atomic E-state index is 14.4. The maximum Gasteiger partial charge on any atom is 0.363 e. The van der Waals surface area contributed by atoms with Crippen LogP contribution in [0.15, 0.2) is 92.4 Å². The van der Waals surface area contributed by atoms with Crippen molar-refractivity contribution in [3.63, 3.8) is 0 Å². The molecule has 0 saturated carbocycles. The molecule has 0 aliphatic carbocycles. The number of halogens is 2. The number of carbonyl (C=O) groups is 2. The quantitative estimate of drug-likeness (QED) is 0.144. The first-order valence-electron chi connectivity index (χ1n) is 20.6. The van der Waals surface area contributed by atoms with Crippen LogP contribution in [0, 0.1) is 11.6 Å². The predicted molar refractivity (Wildman–Crippen MR) is 233 cm³/mol. The van der Waals surface area contributed by atoms with E-state index in [2.05, 4.69) is 0 Å². The third kappa shape index (κ3) is 10.6. The Hall–Kier alpha value is -5.78. The Balaban J connectivity index is 1.32. The largest absolute Gasteiger partial charge is 0.495 e. The average molecular weight is 963 g/mol. The number of methoxy groups -OCH3 is 4. The smallest absolute Gasteiger partial charge is 0.363 e. The molecule has 2 aliphatic heterocycles. The number of hydroxylamine groups is 2. The Labute approximate surface area is 381 Å². The Morgan fingerprint density at radius 1 is 0.561 bits per heavy atom. The molecule has 2 unspecified atom stereocenters. The molecule has 0 radical (unpaired) electrons. The summed E-state index contributed by atoms with van der Waals surface area (Å²) in [6.07, 6.45) is -3.77. The van der Waals surface area contributed by atoms with E-state index in [1.165, 1.54) is 52.7 Å².